The summed E-state index contributed by atoms with van der Waals surface area (Å²) < 4.78 is 2.07. The van der Waals surface area contributed by atoms with Crippen LogP contribution in [0.2, 0.25) is 0 Å². The van der Waals surface area contributed by atoms with Crippen molar-refractivity contribution >= 4 is 48.6 Å². The second-order valence-corrected chi connectivity index (χ2v) is 9.50. The van der Waals surface area contributed by atoms with Crippen molar-refractivity contribution in [2.24, 2.45) is 5.41 Å². The number of amides is 1. The minimum absolute atomic E-state index is 0.191. The van der Waals surface area contributed by atoms with Gasteiger partial charge in [0.2, 0.25) is 0 Å². The van der Waals surface area contributed by atoms with Gasteiger partial charge in [0.1, 0.15) is 0 Å². The summed E-state index contributed by atoms with van der Waals surface area (Å²) >= 11 is 0.585. The van der Waals surface area contributed by atoms with E-state index in [1.54, 1.807) is 0 Å². The molecule has 1 N–H and O–H groups in total. The van der Waals surface area contributed by atoms with E-state index in [-0.39, 0.29) is 11.3 Å². The fourth-order valence-electron chi connectivity index (χ4n) is 4.41. The van der Waals surface area contributed by atoms with Crippen molar-refractivity contribution in [3.8, 4) is 11.3 Å². The molecular formula is C20H20N5OTl. The molecule has 2 saturated heterocycles. The van der Waals surface area contributed by atoms with Crippen LogP contribution in [0.15, 0.2) is 36.5 Å². The molecule has 0 aliphatic carbocycles. The van der Waals surface area contributed by atoms with Crippen LogP contribution >= 0.6 is 0 Å². The molecule has 27 heavy (non-hydrogen) atoms. The topological polar surface area (TPSA) is 63.1 Å². The first-order valence-electron chi connectivity index (χ1n) is 9.31. The molecule has 7 heteroatoms. The number of benzene rings is 1. The quantitative estimate of drug-likeness (QED) is 0.497. The number of hydrogen-bond acceptors (Lipinski definition) is 4. The standard InChI is InChI=1S/C20H20N5O.Tl/c1-13-10-14(4-7-22-13)18-16-11-15(2-3-17(16)23-24-18)25-9-6-20(19(25)26)5-8-21-12-20;/h2-4,7,10-11,21H,5-6,8-9,12H2,1H3;/q-1;+1/t20-;/m0./s1. The first kappa shape index (κ1) is 17.3. The summed E-state index contributed by atoms with van der Waals surface area (Å²) in [5.41, 5.74) is 4.96. The van der Waals surface area contributed by atoms with Gasteiger partial charge in [-0.25, -0.2) is 0 Å². The second kappa shape index (κ2) is 6.37. The van der Waals surface area contributed by atoms with Gasteiger partial charge in [-0.15, -0.1) is 0 Å². The van der Waals surface area contributed by atoms with Crippen molar-refractivity contribution < 1.29 is 4.79 Å². The van der Waals surface area contributed by atoms with Crippen molar-refractivity contribution in [3.63, 3.8) is 0 Å². The van der Waals surface area contributed by atoms with E-state index >= 15 is 0 Å². The summed E-state index contributed by atoms with van der Waals surface area (Å²) in [6, 6.07) is 10.4. The molecule has 2 aliphatic heterocycles. The van der Waals surface area contributed by atoms with Crippen LogP contribution in [-0.2, 0) is 4.79 Å². The average molecular weight is 551 g/mol. The van der Waals surface area contributed by atoms with Gasteiger partial charge in [-0.2, -0.15) is 0 Å². The molecule has 1 amide bonds. The molecule has 4 heterocycles. The fourth-order valence-corrected chi connectivity index (χ4v) is 5.73. The third-order valence-corrected chi connectivity index (χ3v) is 7.46. The van der Waals surface area contributed by atoms with Crippen LogP contribution < -0.4 is 10.2 Å². The van der Waals surface area contributed by atoms with E-state index in [0.29, 0.717) is 26.1 Å². The number of fused-ring (bicyclic) bond motifs is 1. The van der Waals surface area contributed by atoms with Crippen molar-refractivity contribution in [1.82, 2.24) is 17.9 Å². The number of aromatic nitrogens is 3. The zero-order valence-electron chi connectivity index (χ0n) is 15.3. The Morgan fingerprint density at radius 3 is 2.89 bits per heavy atom. The maximum absolute atomic E-state index is 13.1. The first-order valence-corrected chi connectivity index (χ1v) is 11.3. The Morgan fingerprint density at radius 2 is 2.11 bits per heavy atom. The molecule has 0 bridgehead atoms. The second-order valence-electron chi connectivity index (χ2n) is 7.59. The molecule has 0 saturated carbocycles. The summed E-state index contributed by atoms with van der Waals surface area (Å²) in [5, 5.41) is 9.28. The normalized spacial score (nSPS) is 22.4. The van der Waals surface area contributed by atoms with Crippen molar-refractivity contribution in [1.29, 1.82) is 0 Å². The van der Waals surface area contributed by atoms with Crippen LogP contribution in [0, 0.1) is 12.3 Å². The zero-order chi connectivity index (χ0) is 18.6. The van der Waals surface area contributed by atoms with E-state index in [9.17, 15) is 4.79 Å². The third kappa shape index (κ3) is 2.72. The molecule has 5 rings (SSSR count). The zero-order valence-corrected chi connectivity index (χ0v) is 19.8. The van der Waals surface area contributed by atoms with Crippen molar-refractivity contribution in [2.75, 3.05) is 24.5 Å². The maximum atomic E-state index is 13.1. The van der Waals surface area contributed by atoms with Gasteiger partial charge in [-0.3, -0.25) is 0 Å². The Balaban J connectivity index is 1.59. The van der Waals surface area contributed by atoms with E-state index < -0.39 is 0 Å². The molecule has 0 unspecified atom stereocenters. The SMILES string of the molecule is Cc1cc(-c2n[n]([Tl])c3ccc(N4CC[C@]5(CCNC5)C4=O)cc23)ccn1. The first-order chi connectivity index (χ1) is 13.1. The molecule has 134 valence electrons. The van der Waals surface area contributed by atoms with Gasteiger partial charge in [-0.1, -0.05) is 0 Å². The monoisotopic (exact) mass is 551 g/mol. The summed E-state index contributed by atoms with van der Waals surface area (Å²) in [7, 11) is 0. The van der Waals surface area contributed by atoms with E-state index in [0.717, 1.165) is 66.0 Å². The van der Waals surface area contributed by atoms with Crippen molar-refractivity contribution in [3.05, 3.63) is 42.2 Å². The number of carbonyl (C=O) groups is 1. The van der Waals surface area contributed by atoms with Gasteiger partial charge >= 0.3 is 174 Å². The van der Waals surface area contributed by atoms with Gasteiger partial charge in [0.25, 0.3) is 0 Å². The van der Waals surface area contributed by atoms with Crippen molar-refractivity contribution in [2.45, 2.75) is 19.8 Å². The molecule has 2 fully saturated rings. The average Bonchev–Trinajstić information content (AvgIpc) is 3.36. The Morgan fingerprint density at radius 1 is 1.22 bits per heavy atom. The van der Waals surface area contributed by atoms with Crippen LogP contribution in [-0.4, -0.2) is 64.2 Å². The number of nitrogens with one attached hydrogen (secondary N) is 1. The molecule has 6 nitrogen and oxygen atoms in total. The fraction of sp³-hybridized carbons (Fsp3) is 0.350. The van der Waals surface area contributed by atoms with Crippen LogP contribution in [0.1, 0.15) is 18.5 Å². The van der Waals surface area contributed by atoms with Crippen LogP contribution in [0.4, 0.5) is 5.69 Å². The number of aryl methyl sites for hydroxylation is 1. The van der Waals surface area contributed by atoms with E-state index in [1.165, 1.54) is 0 Å². The van der Waals surface area contributed by atoms with Crippen LogP contribution in [0.3, 0.4) is 0 Å². The van der Waals surface area contributed by atoms with E-state index in [4.69, 9.17) is 5.10 Å². The number of anilines is 1. The summed E-state index contributed by atoms with van der Waals surface area (Å²) in [6.45, 7) is 4.55. The molecule has 1 aromatic carbocycles. The summed E-state index contributed by atoms with van der Waals surface area (Å²) in [5.74, 6) is 0.272. The Labute approximate surface area is 174 Å². The number of hydrogen-bond donors (Lipinski definition) is 1. The molecule has 1 atom stereocenters. The Bertz CT molecular complexity index is 1050. The molecule has 1 spiro atoms. The van der Waals surface area contributed by atoms with Crippen LogP contribution in [0.25, 0.3) is 22.2 Å². The number of rotatable bonds is 2. The number of pyridine rings is 1. The third-order valence-electron chi connectivity index (χ3n) is 5.93. The van der Waals surface area contributed by atoms with E-state index in [2.05, 4.69) is 37.1 Å². The van der Waals surface area contributed by atoms with Crippen LogP contribution in [0.5, 0.6) is 0 Å². The molecule has 3 aromatic rings. The van der Waals surface area contributed by atoms with Gasteiger partial charge in [-0.05, 0) is 0 Å². The Kier molecular flexibility index (Phi) is 4.08. The van der Waals surface area contributed by atoms with Gasteiger partial charge < -0.3 is 0 Å². The molecule has 2 aromatic heterocycles. The van der Waals surface area contributed by atoms with E-state index in [1.807, 2.05) is 24.1 Å². The Hall–Kier alpha value is -1.81. The molecule has 0 radical (unpaired) electrons. The predicted molar refractivity (Wildman–Crippen MR) is 106 cm³/mol. The minimum atomic E-state index is -0.191. The van der Waals surface area contributed by atoms with Gasteiger partial charge in [0.15, 0.2) is 0 Å². The van der Waals surface area contributed by atoms with Gasteiger partial charge in [0, 0.05) is 0 Å². The summed E-state index contributed by atoms with van der Waals surface area (Å²) in [4.78, 5) is 19.4. The predicted octanol–water partition coefficient (Wildman–Crippen LogP) is 2.05. The number of carbonyl (C=O) groups excluding carboxylic acids is 1. The molecule has 2 aliphatic rings. The number of nitrogens with zero attached hydrogens (tertiary/aromatic N) is 4. The summed E-state index contributed by atoms with van der Waals surface area (Å²) in [6.07, 6.45) is 3.72. The van der Waals surface area contributed by atoms with Gasteiger partial charge in [0.05, 0.1) is 0 Å². The molecular weight excluding hydrogens is 531 g/mol.